The van der Waals surface area contributed by atoms with Crippen molar-refractivity contribution in [2.75, 3.05) is 5.73 Å². The Morgan fingerprint density at radius 3 is 2.67 bits per heavy atom. The summed E-state index contributed by atoms with van der Waals surface area (Å²) in [6, 6.07) is 6.73. The lowest BCUT2D eigenvalue weighted by Crippen LogP contribution is -2.28. The molecule has 0 aliphatic rings. The van der Waals surface area contributed by atoms with Crippen molar-refractivity contribution in [2.24, 2.45) is 0 Å². The summed E-state index contributed by atoms with van der Waals surface area (Å²) in [5.74, 6) is -0.242. The second-order valence-corrected chi connectivity index (χ2v) is 6.19. The molecule has 0 bridgehead atoms. The van der Waals surface area contributed by atoms with Crippen molar-refractivity contribution in [2.45, 2.75) is 38.4 Å². The molecule has 1 aromatic carbocycles. The maximum absolute atomic E-state index is 12.6. The largest absolute Gasteiger partial charge is 0.434 e. The third-order valence-corrected chi connectivity index (χ3v) is 4.49. The number of amides is 1. The number of thiazole rings is 1. The molecule has 1 aromatic heterocycles. The number of alkyl halides is 3. The molecule has 4 nitrogen and oxygen atoms in total. The number of hydrogen-bond donors (Lipinski definition) is 2. The average molecular weight is 357 g/mol. The fourth-order valence-corrected chi connectivity index (χ4v) is 3.15. The number of nitrogens with one attached hydrogen (secondary N) is 1. The summed E-state index contributed by atoms with van der Waals surface area (Å²) in [7, 11) is 0. The van der Waals surface area contributed by atoms with Crippen LogP contribution in [0, 0.1) is 0 Å². The van der Waals surface area contributed by atoms with Crippen LogP contribution in [0.5, 0.6) is 0 Å². The highest BCUT2D eigenvalue weighted by molar-refractivity contribution is 7.09. The quantitative estimate of drug-likeness (QED) is 0.770. The standard InChI is InChI=1S/C16H18F3N3OS/c1-2-12(15-22-13(9-24-15)16(17,18)19)21-14(23)8-7-10-5-3-4-6-11(10)20/h3-6,9,12H,2,7-8,20H2,1H3,(H,21,23). The van der Waals surface area contributed by atoms with E-state index in [0.29, 0.717) is 18.5 Å². The van der Waals surface area contributed by atoms with E-state index in [9.17, 15) is 18.0 Å². The minimum atomic E-state index is -4.47. The first kappa shape index (κ1) is 18.3. The minimum Gasteiger partial charge on any atom is -0.399 e. The van der Waals surface area contributed by atoms with Crippen molar-refractivity contribution >= 4 is 22.9 Å². The number of nitrogen functional groups attached to an aromatic ring is 1. The zero-order chi connectivity index (χ0) is 17.7. The molecule has 130 valence electrons. The Bertz CT molecular complexity index is 700. The van der Waals surface area contributed by atoms with Crippen LogP contribution in [0.1, 0.15) is 42.1 Å². The third kappa shape index (κ3) is 4.70. The molecule has 1 unspecified atom stereocenters. The number of nitrogens with zero attached hydrogens (tertiary/aromatic N) is 1. The van der Waals surface area contributed by atoms with Gasteiger partial charge in [0.15, 0.2) is 5.69 Å². The summed E-state index contributed by atoms with van der Waals surface area (Å²) >= 11 is 0.902. The third-order valence-electron chi connectivity index (χ3n) is 3.53. The molecular formula is C16H18F3N3OS. The highest BCUT2D eigenvalue weighted by Crippen LogP contribution is 2.32. The summed E-state index contributed by atoms with van der Waals surface area (Å²) in [6.07, 6.45) is -3.32. The Balaban J connectivity index is 1.96. The Kier molecular flexibility index (Phi) is 5.82. The molecule has 2 aromatic rings. The molecule has 3 N–H and O–H groups in total. The van der Waals surface area contributed by atoms with Gasteiger partial charge in [-0.3, -0.25) is 4.79 Å². The predicted molar refractivity (Wildman–Crippen MR) is 87.5 cm³/mol. The molecule has 0 spiro atoms. The fourth-order valence-electron chi connectivity index (χ4n) is 2.19. The highest BCUT2D eigenvalue weighted by atomic mass is 32.1. The maximum Gasteiger partial charge on any atom is 0.434 e. The van der Waals surface area contributed by atoms with Crippen LogP contribution in [-0.2, 0) is 17.4 Å². The van der Waals surface area contributed by atoms with Crippen LogP contribution < -0.4 is 11.1 Å². The lowest BCUT2D eigenvalue weighted by molar-refractivity contribution is -0.140. The van der Waals surface area contributed by atoms with E-state index < -0.39 is 17.9 Å². The van der Waals surface area contributed by atoms with E-state index in [4.69, 9.17) is 5.73 Å². The van der Waals surface area contributed by atoms with Gasteiger partial charge in [0.1, 0.15) is 5.01 Å². The van der Waals surface area contributed by atoms with Gasteiger partial charge < -0.3 is 11.1 Å². The molecule has 1 amide bonds. The van der Waals surface area contributed by atoms with Crippen molar-refractivity contribution in [3.05, 3.63) is 45.9 Å². The molecule has 0 saturated heterocycles. The topological polar surface area (TPSA) is 68.0 Å². The summed E-state index contributed by atoms with van der Waals surface area (Å²) in [6.45, 7) is 1.79. The number of anilines is 1. The number of rotatable bonds is 6. The van der Waals surface area contributed by atoms with Gasteiger partial charge >= 0.3 is 6.18 Å². The monoisotopic (exact) mass is 357 g/mol. The van der Waals surface area contributed by atoms with Gasteiger partial charge in [-0.05, 0) is 24.5 Å². The summed E-state index contributed by atoms with van der Waals surface area (Å²) in [5.41, 5.74) is 6.39. The summed E-state index contributed by atoms with van der Waals surface area (Å²) in [4.78, 5) is 15.7. The normalized spacial score (nSPS) is 12.8. The molecule has 1 heterocycles. The number of aromatic nitrogens is 1. The molecule has 0 fully saturated rings. The second-order valence-electron chi connectivity index (χ2n) is 5.30. The lowest BCUT2D eigenvalue weighted by atomic mass is 10.1. The molecule has 0 aliphatic carbocycles. The van der Waals surface area contributed by atoms with E-state index in [2.05, 4.69) is 10.3 Å². The van der Waals surface area contributed by atoms with E-state index in [1.165, 1.54) is 0 Å². The van der Waals surface area contributed by atoms with Crippen LogP contribution in [-0.4, -0.2) is 10.9 Å². The average Bonchev–Trinajstić information content (AvgIpc) is 3.02. The Morgan fingerprint density at radius 2 is 2.08 bits per heavy atom. The minimum absolute atomic E-state index is 0.211. The molecular weight excluding hydrogens is 339 g/mol. The van der Waals surface area contributed by atoms with Gasteiger partial charge in [-0.2, -0.15) is 13.2 Å². The first-order valence-electron chi connectivity index (χ1n) is 7.46. The Labute approximate surface area is 141 Å². The van der Waals surface area contributed by atoms with E-state index in [0.717, 1.165) is 22.3 Å². The van der Waals surface area contributed by atoms with Gasteiger partial charge in [-0.15, -0.1) is 11.3 Å². The SMILES string of the molecule is CCC(NC(=O)CCc1ccccc1N)c1nc(C(F)(F)F)cs1. The number of aryl methyl sites for hydroxylation is 1. The molecule has 1 atom stereocenters. The number of para-hydroxylation sites is 1. The number of halogens is 3. The number of nitrogens with two attached hydrogens (primary N) is 1. The van der Waals surface area contributed by atoms with Crippen LogP contribution in [0.2, 0.25) is 0 Å². The van der Waals surface area contributed by atoms with Gasteiger partial charge in [-0.25, -0.2) is 4.98 Å². The zero-order valence-corrected chi connectivity index (χ0v) is 13.9. The molecule has 8 heteroatoms. The molecule has 0 radical (unpaired) electrons. The molecule has 2 rings (SSSR count). The van der Waals surface area contributed by atoms with E-state index in [-0.39, 0.29) is 17.3 Å². The zero-order valence-electron chi connectivity index (χ0n) is 13.1. The van der Waals surface area contributed by atoms with Gasteiger partial charge in [0.25, 0.3) is 0 Å². The predicted octanol–water partition coefficient (Wildman–Crippen LogP) is 3.94. The Hall–Kier alpha value is -2.09. The van der Waals surface area contributed by atoms with E-state index >= 15 is 0 Å². The molecule has 0 saturated carbocycles. The van der Waals surface area contributed by atoms with Gasteiger partial charge in [-0.1, -0.05) is 25.1 Å². The van der Waals surface area contributed by atoms with Gasteiger partial charge in [0.05, 0.1) is 6.04 Å². The van der Waals surface area contributed by atoms with Crippen LogP contribution >= 0.6 is 11.3 Å². The smallest absolute Gasteiger partial charge is 0.399 e. The van der Waals surface area contributed by atoms with Crippen LogP contribution in [0.15, 0.2) is 29.6 Å². The van der Waals surface area contributed by atoms with Gasteiger partial charge in [0.2, 0.25) is 5.91 Å². The number of carbonyl (C=O) groups is 1. The lowest BCUT2D eigenvalue weighted by Gasteiger charge is -2.15. The van der Waals surface area contributed by atoms with Crippen molar-refractivity contribution in [1.29, 1.82) is 0 Å². The first-order chi connectivity index (χ1) is 11.3. The summed E-state index contributed by atoms with van der Waals surface area (Å²) in [5, 5.41) is 3.97. The summed E-state index contributed by atoms with van der Waals surface area (Å²) < 4.78 is 37.9. The molecule has 24 heavy (non-hydrogen) atoms. The van der Waals surface area contributed by atoms with Crippen LogP contribution in [0.3, 0.4) is 0 Å². The number of carbonyl (C=O) groups excluding carboxylic acids is 1. The first-order valence-corrected chi connectivity index (χ1v) is 8.34. The number of benzene rings is 1. The van der Waals surface area contributed by atoms with Gasteiger partial charge in [0, 0.05) is 17.5 Å². The maximum atomic E-state index is 12.6. The van der Waals surface area contributed by atoms with Crippen molar-refractivity contribution in [3.8, 4) is 0 Å². The van der Waals surface area contributed by atoms with E-state index in [1.54, 1.807) is 13.0 Å². The Morgan fingerprint density at radius 1 is 1.38 bits per heavy atom. The second kappa shape index (κ2) is 7.65. The highest BCUT2D eigenvalue weighted by Gasteiger charge is 2.34. The van der Waals surface area contributed by atoms with Crippen LogP contribution in [0.25, 0.3) is 0 Å². The molecule has 0 aliphatic heterocycles. The fraction of sp³-hybridized carbons (Fsp3) is 0.375. The number of hydrogen-bond acceptors (Lipinski definition) is 4. The van der Waals surface area contributed by atoms with Crippen LogP contribution in [0.4, 0.5) is 18.9 Å². The van der Waals surface area contributed by atoms with Crippen molar-refractivity contribution in [1.82, 2.24) is 10.3 Å². The van der Waals surface area contributed by atoms with E-state index in [1.807, 2.05) is 18.2 Å². The van der Waals surface area contributed by atoms with Crippen molar-refractivity contribution < 1.29 is 18.0 Å². The van der Waals surface area contributed by atoms with Crippen molar-refractivity contribution in [3.63, 3.8) is 0 Å².